The van der Waals surface area contributed by atoms with Crippen LogP contribution in [0.15, 0.2) is 48.5 Å². The lowest BCUT2D eigenvalue weighted by molar-refractivity contribution is 0.00409. The number of ether oxygens (including phenoxy) is 1. The highest BCUT2D eigenvalue weighted by atomic mass is 32.2. The molecule has 0 fully saturated rings. The van der Waals surface area contributed by atoms with Crippen molar-refractivity contribution in [1.29, 1.82) is 0 Å². The van der Waals surface area contributed by atoms with Crippen LogP contribution in [0.3, 0.4) is 0 Å². The summed E-state index contributed by atoms with van der Waals surface area (Å²) in [6.45, 7) is 3.54. The molecule has 130 valence electrons. The minimum absolute atomic E-state index is 0.0569. The smallest absolute Gasteiger partial charge is 0.215 e. The number of hydrogen-bond acceptors (Lipinski definition) is 3. The molecule has 0 aliphatic rings. The van der Waals surface area contributed by atoms with Crippen molar-refractivity contribution in [3.05, 3.63) is 71.0 Å². The van der Waals surface area contributed by atoms with Gasteiger partial charge in [0.05, 0.1) is 5.75 Å². The largest absolute Gasteiger partial charge is 0.372 e. The lowest BCUT2D eigenvalue weighted by Crippen LogP contribution is -2.41. The Morgan fingerprint density at radius 3 is 2.33 bits per heavy atom. The van der Waals surface area contributed by atoms with Gasteiger partial charge in [0.15, 0.2) is 0 Å². The summed E-state index contributed by atoms with van der Waals surface area (Å²) in [5.41, 5.74) is 0.977. The van der Waals surface area contributed by atoms with E-state index in [1.165, 1.54) is 13.2 Å². The number of aryl methyl sites for hydroxylation is 1. The molecule has 0 amide bonds. The van der Waals surface area contributed by atoms with E-state index >= 15 is 0 Å². The monoisotopic (exact) mass is 351 g/mol. The predicted molar refractivity (Wildman–Crippen MR) is 92.6 cm³/mol. The third kappa shape index (κ3) is 4.63. The van der Waals surface area contributed by atoms with Crippen molar-refractivity contribution in [3.63, 3.8) is 0 Å². The van der Waals surface area contributed by atoms with Gasteiger partial charge in [0.25, 0.3) is 0 Å². The first-order valence-corrected chi connectivity index (χ1v) is 9.24. The van der Waals surface area contributed by atoms with Gasteiger partial charge in [-0.1, -0.05) is 48.0 Å². The van der Waals surface area contributed by atoms with Crippen LogP contribution >= 0.6 is 0 Å². The number of halogens is 1. The Kier molecular flexibility index (Phi) is 5.74. The fraction of sp³-hybridized carbons (Fsp3) is 0.333. The first kappa shape index (κ1) is 18.6. The molecular formula is C18H22FNO3S. The highest BCUT2D eigenvalue weighted by molar-refractivity contribution is 7.88. The molecule has 0 saturated heterocycles. The number of benzene rings is 2. The summed E-state index contributed by atoms with van der Waals surface area (Å²) in [5.74, 6) is -0.566. The van der Waals surface area contributed by atoms with Crippen molar-refractivity contribution in [2.45, 2.75) is 25.2 Å². The maximum absolute atomic E-state index is 14.0. The molecule has 0 radical (unpaired) electrons. The maximum atomic E-state index is 14.0. The van der Waals surface area contributed by atoms with Crippen LogP contribution in [0.25, 0.3) is 0 Å². The van der Waals surface area contributed by atoms with E-state index in [0.29, 0.717) is 11.1 Å². The molecule has 0 heterocycles. The maximum Gasteiger partial charge on any atom is 0.215 e. The Hall–Kier alpha value is -1.76. The van der Waals surface area contributed by atoms with Gasteiger partial charge in [-0.15, -0.1) is 0 Å². The van der Waals surface area contributed by atoms with Crippen molar-refractivity contribution >= 4 is 10.0 Å². The van der Waals surface area contributed by atoms with E-state index in [-0.39, 0.29) is 12.3 Å². The Morgan fingerprint density at radius 2 is 1.75 bits per heavy atom. The van der Waals surface area contributed by atoms with Crippen LogP contribution in [0, 0.1) is 12.7 Å². The Balaban J connectivity index is 2.11. The van der Waals surface area contributed by atoms with E-state index in [1.807, 2.05) is 19.1 Å². The van der Waals surface area contributed by atoms with Crippen LogP contribution in [0.5, 0.6) is 0 Å². The van der Waals surface area contributed by atoms with Crippen LogP contribution in [-0.4, -0.2) is 22.1 Å². The van der Waals surface area contributed by atoms with Crippen molar-refractivity contribution < 1.29 is 17.5 Å². The van der Waals surface area contributed by atoms with Gasteiger partial charge in [-0.05, 0) is 25.5 Å². The van der Waals surface area contributed by atoms with Gasteiger partial charge in [-0.25, -0.2) is 17.5 Å². The molecule has 4 nitrogen and oxygen atoms in total. The third-order valence-electron chi connectivity index (χ3n) is 4.00. The van der Waals surface area contributed by atoms with E-state index in [0.717, 1.165) is 5.56 Å². The number of rotatable bonds is 7. The molecule has 0 bridgehead atoms. The number of nitrogens with one attached hydrogen (secondary N) is 1. The van der Waals surface area contributed by atoms with Gasteiger partial charge in [0.1, 0.15) is 11.4 Å². The Morgan fingerprint density at radius 1 is 1.12 bits per heavy atom. The molecule has 1 atom stereocenters. The topological polar surface area (TPSA) is 55.4 Å². The zero-order valence-electron chi connectivity index (χ0n) is 14.0. The lowest BCUT2D eigenvalue weighted by atomic mass is 9.95. The van der Waals surface area contributed by atoms with E-state index in [1.54, 1.807) is 37.3 Å². The zero-order valence-corrected chi connectivity index (χ0v) is 14.9. The molecule has 0 aromatic heterocycles. The Labute approximate surface area is 142 Å². The zero-order chi connectivity index (χ0) is 17.8. The van der Waals surface area contributed by atoms with Gasteiger partial charge in [0, 0.05) is 19.2 Å². The van der Waals surface area contributed by atoms with Crippen LogP contribution < -0.4 is 4.72 Å². The van der Waals surface area contributed by atoms with Crippen molar-refractivity contribution in [2.75, 3.05) is 13.7 Å². The SMILES string of the molecule is COC(C)(CNS(=O)(=O)Cc1ccc(C)cc1)c1ccccc1F. The van der Waals surface area contributed by atoms with E-state index in [4.69, 9.17) is 4.74 Å². The summed E-state index contributed by atoms with van der Waals surface area (Å²) in [6, 6.07) is 13.5. The summed E-state index contributed by atoms with van der Waals surface area (Å²) >= 11 is 0. The average molecular weight is 351 g/mol. The first-order chi connectivity index (χ1) is 11.3. The molecule has 1 N–H and O–H groups in total. The molecule has 24 heavy (non-hydrogen) atoms. The summed E-state index contributed by atoms with van der Waals surface area (Å²) in [4.78, 5) is 0. The fourth-order valence-corrected chi connectivity index (χ4v) is 3.60. The van der Waals surface area contributed by atoms with Gasteiger partial charge in [-0.2, -0.15) is 0 Å². The molecule has 0 aliphatic heterocycles. The molecule has 0 aliphatic carbocycles. The molecule has 1 unspecified atom stereocenters. The normalized spacial score (nSPS) is 14.3. The average Bonchev–Trinajstić information content (AvgIpc) is 2.55. The number of methoxy groups -OCH3 is 1. The van der Waals surface area contributed by atoms with E-state index in [2.05, 4.69) is 4.72 Å². The second kappa shape index (κ2) is 7.42. The number of sulfonamides is 1. The molecule has 0 saturated carbocycles. The van der Waals surface area contributed by atoms with Gasteiger partial charge < -0.3 is 4.74 Å². The first-order valence-electron chi connectivity index (χ1n) is 7.59. The van der Waals surface area contributed by atoms with Crippen LogP contribution in [-0.2, 0) is 26.1 Å². The van der Waals surface area contributed by atoms with Crippen LogP contribution in [0.2, 0.25) is 0 Å². The van der Waals surface area contributed by atoms with Gasteiger partial charge in [-0.3, -0.25) is 0 Å². The molecule has 2 aromatic carbocycles. The minimum atomic E-state index is -3.56. The van der Waals surface area contributed by atoms with E-state index < -0.39 is 21.4 Å². The molecule has 2 aromatic rings. The van der Waals surface area contributed by atoms with Gasteiger partial charge >= 0.3 is 0 Å². The van der Waals surface area contributed by atoms with Crippen LogP contribution in [0.4, 0.5) is 4.39 Å². The van der Waals surface area contributed by atoms with Crippen LogP contribution in [0.1, 0.15) is 23.6 Å². The minimum Gasteiger partial charge on any atom is -0.372 e. The van der Waals surface area contributed by atoms with Crippen molar-refractivity contribution in [3.8, 4) is 0 Å². The third-order valence-corrected chi connectivity index (χ3v) is 5.30. The number of hydrogen-bond donors (Lipinski definition) is 1. The molecule has 2 rings (SSSR count). The van der Waals surface area contributed by atoms with Gasteiger partial charge in [0.2, 0.25) is 10.0 Å². The molecule has 0 spiro atoms. The van der Waals surface area contributed by atoms with Crippen molar-refractivity contribution in [1.82, 2.24) is 4.72 Å². The van der Waals surface area contributed by atoms with Crippen molar-refractivity contribution in [2.24, 2.45) is 0 Å². The summed E-state index contributed by atoms with van der Waals surface area (Å²) < 4.78 is 46.5. The Bertz CT molecular complexity index is 790. The highest BCUT2D eigenvalue weighted by Crippen LogP contribution is 2.26. The quantitative estimate of drug-likeness (QED) is 0.834. The summed E-state index contributed by atoms with van der Waals surface area (Å²) in [5, 5.41) is 0. The molecule has 6 heteroatoms. The predicted octanol–water partition coefficient (Wildman–Crippen LogP) is 3.12. The van der Waals surface area contributed by atoms with E-state index in [9.17, 15) is 12.8 Å². The highest BCUT2D eigenvalue weighted by Gasteiger charge is 2.30. The summed E-state index contributed by atoms with van der Waals surface area (Å²) in [7, 11) is -2.13. The lowest BCUT2D eigenvalue weighted by Gasteiger charge is -2.29. The second-order valence-corrected chi connectivity index (χ2v) is 7.79. The second-order valence-electron chi connectivity index (χ2n) is 5.98. The molecular weight excluding hydrogens is 329 g/mol. The standard InChI is InChI=1S/C18H22FNO3S/c1-14-8-10-15(11-9-14)12-24(21,22)20-13-18(2,23-3)16-6-4-5-7-17(16)19/h4-11,20H,12-13H2,1-3H3. The fourth-order valence-electron chi connectivity index (χ4n) is 2.37. The summed E-state index contributed by atoms with van der Waals surface area (Å²) in [6.07, 6.45) is 0.